The van der Waals surface area contributed by atoms with Crippen molar-refractivity contribution in [2.45, 2.75) is 65.2 Å². The van der Waals surface area contributed by atoms with Crippen molar-refractivity contribution in [3.8, 4) is 0 Å². The summed E-state index contributed by atoms with van der Waals surface area (Å²) in [6.45, 7) is 18.2. The predicted molar refractivity (Wildman–Crippen MR) is 108 cm³/mol. The lowest BCUT2D eigenvalue weighted by atomic mass is 10.2. The smallest absolute Gasteiger partial charge is 0.410 e. The van der Waals surface area contributed by atoms with Crippen molar-refractivity contribution in [3.05, 3.63) is 0 Å². The molecule has 0 aromatic heterocycles. The molecular formula is C20H38N4O4. The lowest BCUT2D eigenvalue weighted by Crippen LogP contribution is -2.51. The van der Waals surface area contributed by atoms with Gasteiger partial charge in [0.2, 0.25) is 0 Å². The predicted octanol–water partition coefficient (Wildman–Crippen LogP) is 2.14. The van der Waals surface area contributed by atoms with Gasteiger partial charge < -0.3 is 19.7 Å². The van der Waals surface area contributed by atoms with Gasteiger partial charge in [0.15, 0.2) is 0 Å². The molecule has 1 N–H and O–H groups in total. The van der Waals surface area contributed by atoms with E-state index in [1.807, 2.05) is 41.5 Å². The number of carbonyl (C=O) groups excluding carboxylic acids is 2. The van der Waals surface area contributed by atoms with Crippen molar-refractivity contribution >= 4 is 12.2 Å². The summed E-state index contributed by atoms with van der Waals surface area (Å²) in [5.41, 5.74) is -0.919. The zero-order valence-corrected chi connectivity index (χ0v) is 18.4. The number of hydrogen-bond acceptors (Lipinski definition) is 6. The molecule has 2 saturated heterocycles. The minimum atomic E-state index is -0.468. The number of alkyl carbamates (subject to hydrolysis) is 1. The van der Waals surface area contributed by atoms with Gasteiger partial charge in [0, 0.05) is 58.4 Å². The van der Waals surface area contributed by atoms with Gasteiger partial charge in [0.25, 0.3) is 0 Å². The third-order valence-corrected chi connectivity index (χ3v) is 4.75. The fourth-order valence-electron chi connectivity index (χ4n) is 3.39. The van der Waals surface area contributed by atoms with Crippen molar-refractivity contribution in [3.63, 3.8) is 0 Å². The Morgan fingerprint density at radius 3 is 2.00 bits per heavy atom. The maximum atomic E-state index is 12.1. The van der Waals surface area contributed by atoms with Crippen molar-refractivity contribution in [1.29, 1.82) is 0 Å². The van der Waals surface area contributed by atoms with E-state index in [1.54, 1.807) is 4.90 Å². The highest BCUT2D eigenvalue weighted by atomic mass is 16.6. The maximum absolute atomic E-state index is 12.1. The number of rotatable bonds is 4. The van der Waals surface area contributed by atoms with Crippen LogP contribution in [0.1, 0.15) is 48.0 Å². The van der Waals surface area contributed by atoms with E-state index in [1.165, 1.54) is 0 Å². The average molecular weight is 399 g/mol. The zero-order valence-electron chi connectivity index (χ0n) is 18.4. The van der Waals surface area contributed by atoms with Crippen LogP contribution in [-0.2, 0) is 9.47 Å². The van der Waals surface area contributed by atoms with E-state index in [-0.39, 0.29) is 18.2 Å². The highest BCUT2D eigenvalue weighted by molar-refractivity contribution is 5.68. The summed E-state index contributed by atoms with van der Waals surface area (Å²) in [6.07, 6.45) is 0.395. The summed E-state index contributed by atoms with van der Waals surface area (Å²) >= 11 is 0. The van der Waals surface area contributed by atoms with Gasteiger partial charge in [-0.15, -0.1) is 0 Å². The van der Waals surface area contributed by atoms with Gasteiger partial charge in [-0.1, -0.05) is 0 Å². The van der Waals surface area contributed by atoms with Crippen LogP contribution in [0.2, 0.25) is 0 Å². The molecule has 0 spiro atoms. The molecule has 0 aromatic carbocycles. The van der Waals surface area contributed by atoms with E-state index in [9.17, 15) is 9.59 Å². The number of ether oxygens (including phenoxy) is 2. The van der Waals surface area contributed by atoms with Crippen molar-refractivity contribution in [2.75, 3.05) is 52.4 Å². The van der Waals surface area contributed by atoms with Gasteiger partial charge in [-0.2, -0.15) is 0 Å². The molecule has 1 atom stereocenters. The molecule has 2 fully saturated rings. The molecule has 0 saturated carbocycles. The SMILES string of the molecule is CC(C)(C)OC(=O)N[C@@H]1CCN(CCN2CCN(C(=O)OC(C)(C)C)CC2)C1. The number of likely N-dealkylation sites (tertiary alicyclic amines) is 1. The molecule has 0 radical (unpaired) electrons. The third kappa shape index (κ3) is 8.22. The topological polar surface area (TPSA) is 74.4 Å². The van der Waals surface area contributed by atoms with E-state index in [0.717, 1.165) is 45.7 Å². The molecular weight excluding hydrogens is 360 g/mol. The number of nitrogens with one attached hydrogen (secondary N) is 1. The van der Waals surface area contributed by atoms with Crippen LogP contribution in [0.5, 0.6) is 0 Å². The van der Waals surface area contributed by atoms with Crippen LogP contribution in [0.4, 0.5) is 9.59 Å². The first kappa shape index (κ1) is 22.7. The summed E-state index contributed by atoms with van der Waals surface area (Å²) in [4.78, 5) is 30.6. The fraction of sp³-hybridized carbons (Fsp3) is 0.900. The van der Waals surface area contributed by atoms with Crippen LogP contribution < -0.4 is 5.32 Å². The molecule has 2 aliphatic rings. The summed E-state index contributed by atoms with van der Waals surface area (Å²) < 4.78 is 10.8. The first-order valence-corrected chi connectivity index (χ1v) is 10.3. The molecule has 2 amide bonds. The van der Waals surface area contributed by atoms with Crippen LogP contribution in [0.25, 0.3) is 0 Å². The Hall–Kier alpha value is -1.54. The van der Waals surface area contributed by atoms with Crippen LogP contribution >= 0.6 is 0 Å². The zero-order chi connectivity index (χ0) is 20.9. The van der Waals surface area contributed by atoms with Crippen LogP contribution in [0.15, 0.2) is 0 Å². The number of carbonyl (C=O) groups is 2. The summed E-state index contributed by atoms with van der Waals surface area (Å²) in [5.74, 6) is 0. The van der Waals surface area contributed by atoms with E-state index in [4.69, 9.17) is 9.47 Å². The maximum Gasteiger partial charge on any atom is 0.410 e. The minimum absolute atomic E-state index is 0.152. The Bertz CT molecular complexity index is 531. The number of nitrogens with zero attached hydrogens (tertiary/aromatic N) is 3. The fourth-order valence-corrected chi connectivity index (χ4v) is 3.39. The molecule has 28 heavy (non-hydrogen) atoms. The molecule has 0 aromatic rings. The monoisotopic (exact) mass is 398 g/mol. The number of piperazine rings is 1. The minimum Gasteiger partial charge on any atom is -0.444 e. The summed E-state index contributed by atoms with van der Waals surface area (Å²) in [6, 6.07) is 0.152. The van der Waals surface area contributed by atoms with E-state index in [2.05, 4.69) is 15.1 Å². The summed E-state index contributed by atoms with van der Waals surface area (Å²) in [5, 5.41) is 2.97. The van der Waals surface area contributed by atoms with Crippen LogP contribution in [0, 0.1) is 0 Å². The number of amides is 2. The van der Waals surface area contributed by atoms with E-state index in [0.29, 0.717) is 13.1 Å². The molecule has 8 heteroatoms. The molecule has 162 valence electrons. The Labute approximate surface area is 169 Å². The second kappa shape index (κ2) is 9.31. The van der Waals surface area contributed by atoms with Crippen LogP contribution in [0.3, 0.4) is 0 Å². The number of hydrogen-bond donors (Lipinski definition) is 1. The first-order chi connectivity index (χ1) is 12.9. The Kier molecular flexibility index (Phi) is 7.56. The second-order valence-corrected chi connectivity index (χ2v) is 9.74. The highest BCUT2D eigenvalue weighted by Gasteiger charge is 2.28. The Morgan fingerprint density at radius 2 is 1.43 bits per heavy atom. The molecule has 0 aliphatic carbocycles. The molecule has 0 bridgehead atoms. The largest absolute Gasteiger partial charge is 0.444 e. The van der Waals surface area contributed by atoms with Gasteiger partial charge in [0.05, 0.1) is 0 Å². The van der Waals surface area contributed by atoms with Gasteiger partial charge in [0.1, 0.15) is 11.2 Å². The van der Waals surface area contributed by atoms with Gasteiger partial charge in [-0.05, 0) is 48.0 Å². The van der Waals surface area contributed by atoms with Gasteiger partial charge >= 0.3 is 12.2 Å². The van der Waals surface area contributed by atoms with Crippen molar-refractivity contribution in [1.82, 2.24) is 20.0 Å². The standard InChI is InChI=1S/C20H38N4O4/c1-19(2,3)27-17(25)21-16-7-8-23(15-16)10-9-22-11-13-24(14-12-22)18(26)28-20(4,5)6/h16H,7-15H2,1-6H3,(H,21,25)/t16-/m1/s1. The normalized spacial score (nSPS) is 22.2. The van der Waals surface area contributed by atoms with Gasteiger partial charge in [-0.3, -0.25) is 9.80 Å². The quantitative estimate of drug-likeness (QED) is 0.782. The molecule has 2 heterocycles. The second-order valence-electron chi connectivity index (χ2n) is 9.74. The molecule has 8 nitrogen and oxygen atoms in total. The Balaban J connectivity index is 1.63. The molecule has 2 rings (SSSR count). The Morgan fingerprint density at radius 1 is 0.857 bits per heavy atom. The average Bonchev–Trinajstić information content (AvgIpc) is 2.97. The van der Waals surface area contributed by atoms with E-state index < -0.39 is 11.2 Å². The lowest BCUT2D eigenvalue weighted by Gasteiger charge is -2.36. The van der Waals surface area contributed by atoms with E-state index >= 15 is 0 Å². The highest BCUT2D eigenvalue weighted by Crippen LogP contribution is 2.14. The van der Waals surface area contributed by atoms with Crippen molar-refractivity contribution < 1.29 is 19.1 Å². The third-order valence-electron chi connectivity index (χ3n) is 4.75. The molecule has 2 aliphatic heterocycles. The summed E-state index contributed by atoms with van der Waals surface area (Å²) in [7, 11) is 0. The van der Waals surface area contributed by atoms with Crippen molar-refractivity contribution in [2.24, 2.45) is 0 Å². The first-order valence-electron chi connectivity index (χ1n) is 10.3. The molecule has 0 unspecified atom stereocenters. The van der Waals surface area contributed by atoms with Crippen LogP contribution in [-0.4, -0.2) is 96.5 Å². The van der Waals surface area contributed by atoms with Gasteiger partial charge in [-0.25, -0.2) is 9.59 Å². The lowest BCUT2D eigenvalue weighted by molar-refractivity contribution is 0.0139.